The van der Waals surface area contributed by atoms with Crippen LogP contribution in [0.25, 0.3) is 11.3 Å². The fourth-order valence-electron chi connectivity index (χ4n) is 5.84. The molecule has 1 amide bonds. The first-order valence-corrected chi connectivity index (χ1v) is 13.2. The molecular weight excluding hydrogens is 464 g/mol. The monoisotopic (exact) mass is 502 g/mol. The Labute approximate surface area is 219 Å². The van der Waals surface area contributed by atoms with E-state index in [1.807, 2.05) is 42.1 Å². The number of rotatable bonds is 6. The van der Waals surface area contributed by atoms with Gasteiger partial charge >= 0.3 is 6.09 Å². The van der Waals surface area contributed by atoms with Crippen LogP contribution in [0.3, 0.4) is 0 Å². The summed E-state index contributed by atoms with van der Waals surface area (Å²) in [6.07, 6.45) is 1.78. The topological polar surface area (TPSA) is 68.6 Å². The van der Waals surface area contributed by atoms with E-state index in [1.54, 1.807) is 7.11 Å². The zero-order chi connectivity index (χ0) is 26.2. The highest BCUT2D eigenvalue weighted by molar-refractivity contribution is 5.84. The van der Waals surface area contributed by atoms with Gasteiger partial charge in [0.25, 0.3) is 0 Å². The van der Waals surface area contributed by atoms with Crippen molar-refractivity contribution in [2.24, 2.45) is 13.0 Å². The number of ether oxygens (including phenoxy) is 2. The molecule has 0 radical (unpaired) electrons. The van der Waals surface area contributed by atoms with Crippen LogP contribution in [0.2, 0.25) is 0 Å². The third-order valence-corrected chi connectivity index (χ3v) is 7.96. The summed E-state index contributed by atoms with van der Waals surface area (Å²) in [5.74, 6) is 1.80. The number of amides is 1. The van der Waals surface area contributed by atoms with Crippen LogP contribution in [0, 0.1) is 5.92 Å². The van der Waals surface area contributed by atoms with Crippen molar-refractivity contribution in [2.75, 3.05) is 32.1 Å². The first-order chi connectivity index (χ1) is 17.7. The van der Waals surface area contributed by atoms with E-state index in [-0.39, 0.29) is 11.5 Å². The van der Waals surface area contributed by atoms with Crippen LogP contribution in [0.1, 0.15) is 50.8 Å². The molecule has 4 atom stereocenters. The van der Waals surface area contributed by atoms with Gasteiger partial charge in [-0.05, 0) is 66.6 Å². The second-order valence-corrected chi connectivity index (χ2v) is 11.4. The Morgan fingerprint density at radius 2 is 1.89 bits per heavy atom. The molecule has 3 aromatic rings. The van der Waals surface area contributed by atoms with Gasteiger partial charge < -0.3 is 9.47 Å². The van der Waals surface area contributed by atoms with Crippen LogP contribution in [0.15, 0.2) is 54.6 Å². The van der Waals surface area contributed by atoms with Crippen molar-refractivity contribution in [1.82, 2.24) is 14.7 Å². The van der Waals surface area contributed by atoms with Gasteiger partial charge in [0, 0.05) is 42.5 Å². The van der Waals surface area contributed by atoms with Crippen LogP contribution in [-0.2, 0) is 17.2 Å². The molecule has 2 bridgehead atoms. The predicted molar refractivity (Wildman–Crippen MR) is 146 cm³/mol. The molecule has 3 aliphatic rings. The summed E-state index contributed by atoms with van der Waals surface area (Å²) in [4.78, 5) is 15.0. The van der Waals surface area contributed by atoms with Crippen LogP contribution in [0.4, 0.5) is 10.5 Å². The van der Waals surface area contributed by atoms with Gasteiger partial charge in [-0.2, -0.15) is 5.10 Å². The van der Waals surface area contributed by atoms with E-state index < -0.39 is 6.09 Å². The normalized spacial score (nSPS) is 23.1. The van der Waals surface area contributed by atoms with Gasteiger partial charge in [0.15, 0.2) is 0 Å². The number of piperidine rings is 3. The second-order valence-electron chi connectivity index (χ2n) is 11.4. The molecule has 3 fully saturated rings. The number of benzene rings is 2. The van der Waals surface area contributed by atoms with Crippen LogP contribution in [0.5, 0.6) is 5.75 Å². The van der Waals surface area contributed by atoms with E-state index in [4.69, 9.17) is 14.6 Å². The van der Waals surface area contributed by atoms with Crippen molar-refractivity contribution in [2.45, 2.75) is 51.0 Å². The number of nitrogens with one attached hydrogen (secondary N) is 1. The van der Waals surface area contributed by atoms with E-state index in [2.05, 4.69) is 55.3 Å². The third-order valence-electron chi connectivity index (χ3n) is 7.96. The summed E-state index contributed by atoms with van der Waals surface area (Å²) in [6, 6.07) is 18.5. The highest BCUT2D eigenvalue weighted by atomic mass is 16.5. The first kappa shape index (κ1) is 25.3. The predicted octanol–water partition coefficient (Wildman–Crippen LogP) is 5.82. The van der Waals surface area contributed by atoms with Gasteiger partial charge in [-0.3, -0.25) is 14.9 Å². The quantitative estimate of drug-likeness (QED) is 0.460. The number of aromatic nitrogens is 2. The number of methoxy groups -OCH3 is 1. The zero-order valence-corrected chi connectivity index (χ0v) is 22.5. The summed E-state index contributed by atoms with van der Waals surface area (Å²) < 4.78 is 13.2. The molecule has 0 aliphatic carbocycles. The fourth-order valence-corrected chi connectivity index (χ4v) is 5.84. The molecule has 196 valence electrons. The number of fused-ring (bicyclic) bond motifs is 3. The van der Waals surface area contributed by atoms with E-state index in [9.17, 15) is 4.79 Å². The van der Waals surface area contributed by atoms with Gasteiger partial charge in [-0.15, -0.1) is 0 Å². The molecule has 0 saturated carbocycles. The number of carbonyl (C=O) groups excluding carboxylic acids is 1. The standard InChI is InChI=1S/C30H38N4O3/c1-30(2,3)21-10-12-22(13-11-21)31-29(35)37-19-23-16-20-14-15-34(23)18-25(20)27-17-26(32-33(27)4)24-8-6-7-9-28(24)36-5/h6-13,17,20,23,25H,14-16,18-19H2,1-5H3,(H,31,35). The maximum Gasteiger partial charge on any atom is 0.411 e. The Morgan fingerprint density at radius 3 is 2.57 bits per heavy atom. The van der Waals surface area contributed by atoms with Gasteiger partial charge in [0.05, 0.1) is 12.8 Å². The molecular formula is C30H38N4O3. The highest BCUT2D eigenvalue weighted by Gasteiger charge is 2.42. The van der Waals surface area contributed by atoms with Crippen molar-refractivity contribution in [3.05, 3.63) is 65.9 Å². The van der Waals surface area contributed by atoms with Gasteiger partial charge in [-0.1, -0.05) is 45.0 Å². The van der Waals surface area contributed by atoms with Crippen molar-refractivity contribution < 1.29 is 14.3 Å². The van der Waals surface area contributed by atoms with Crippen LogP contribution >= 0.6 is 0 Å². The molecule has 4 heterocycles. The smallest absolute Gasteiger partial charge is 0.411 e. The van der Waals surface area contributed by atoms with Crippen molar-refractivity contribution in [3.8, 4) is 17.0 Å². The van der Waals surface area contributed by atoms with Crippen molar-refractivity contribution in [1.29, 1.82) is 0 Å². The zero-order valence-electron chi connectivity index (χ0n) is 22.5. The van der Waals surface area contributed by atoms with E-state index in [0.29, 0.717) is 18.4 Å². The summed E-state index contributed by atoms with van der Waals surface area (Å²) >= 11 is 0. The lowest BCUT2D eigenvalue weighted by molar-refractivity contribution is -0.00222. The molecule has 2 aromatic carbocycles. The summed E-state index contributed by atoms with van der Waals surface area (Å²) in [7, 11) is 3.73. The second kappa shape index (κ2) is 10.2. The molecule has 3 saturated heterocycles. The van der Waals surface area contributed by atoms with E-state index in [1.165, 1.54) is 11.3 Å². The number of nitrogens with zero attached hydrogens (tertiary/aromatic N) is 3. The number of anilines is 1. The average molecular weight is 503 g/mol. The lowest BCUT2D eigenvalue weighted by Crippen LogP contribution is -2.54. The lowest BCUT2D eigenvalue weighted by atomic mass is 9.74. The minimum atomic E-state index is -0.393. The SMILES string of the molecule is COc1ccccc1-c1cc(C2CN3CCC2CC3COC(=O)Nc2ccc(C(C)(C)C)cc2)n(C)n1. The minimum Gasteiger partial charge on any atom is -0.496 e. The Hall–Kier alpha value is -3.32. The van der Waals surface area contributed by atoms with Gasteiger partial charge in [-0.25, -0.2) is 4.79 Å². The molecule has 7 nitrogen and oxygen atoms in total. The Kier molecular flexibility index (Phi) is 6.99. The van der Waals surface area contributed by atoms with Gasteiger partial charge in [0.1, 0.15) is 12.4 Å². The fraction of sp³-hybridized carbons (Fsp3) is 0.467. The molecule has 6 rings (SSSR count). The maximum atomic E-state index is 12.5. The molecule has 4 unspecified atom stereocenters. The Morgan fingerprint density at radius 1 is 1.14 bits per heavy atom. The molecule has 0 spiro atoms. The average Bonchev–Trinajstić information content (AvgIpc) is 3.28. The number of aryl methyl sites for hydroxylation is 1. The molecule has 3 aliphatic heterocycles. The van der Waals surface area contributed by atoms with Crippen molar-refractivity contribution >= 4 is 11.8 Å². The van der Waals surface area contributed by atoms with E-state index in [0.717, 1.165) is 48.6 Å². The molecule has 1 aromatic heterocycles. The maximum absolute atomic E-state index is 12.5. The summed E-state index contributed by atoms with van der Waals surface area (Å²) in [5, 5.41) is 7.70. The molecule has 37 heavy (non-hydrogen) atoms. The number of hydrogen-bond donors (Lipinski definition) is 1. The van der Waals surface area contributed by atoms with Crippen LogP contribution < -0.4 is 10.1 Å². The molecule has 7 heteroatoms. The molecule has 1 N–H and O–H groups in total. The number of hydrogen-bond acceptors (Lipinski definition) is 5. The third kappa shape index (κ3) is 5.37. The number of para-hydroxylation sites is 1. The van der Waals surface area contributed by atoms with Crippen LogP contribution in [-0.4, -0.2) is 53.6 Å². The highest BCUT2D eigenvalue weighted by Crippen LogP contribution is 2.43. The Balaban J connectivity index is 1.19. The Bertz CT molecular complexity index is 1240. The van der Waals surface area contributed by atoms with Crippen molar-refractivity contribution in [3.63, 3.8) is 0 Å². The largest absolute Gasteiger partial charge is 0.496 e. The minimum absolute atomic E-state index is 0.0805. The van der Waals surface area contributed by atoms with E-state index >= 15 is 0 Å². The number of carbonyl (C=O) groups is 1. The summed E-state index contributed by atoms with van der Waals surface area (Å²) in [5.41, 5.74) is 5.28. The summed E-state index contributed by atoms with van der Waals surface area (Å²) in [6.45, 7) is 8.94. The lowest BCUT2D eigenvalue weighted by Gasteiger charge is -2.49. The van der Waals surface area contributed by atoms with Gasteiger partial charge in [0.2, 0.25) is 0 Å². The first-order valence-electron chi connectivity index (χ1n) is 13.2.